The van der Waals surface area contributed by atoms with Crippen LogP contribution in [0.15, 0.2) is 28.7 Å². The zero-order valence-corrected chi connectivity index (χ0v) is 9.68. The Bertz CT molecular complexity index is 424. The van der Waals surface area contributed by atoms with Gasteiger partial charge >= 0.3 is 0 Å². The van der Waals surface area contributed by atoms with E-state index in [4.69, 9.17) is 5.73 Å². The van der Waals surface area contributed by atoms with Crippen LogP contribution in [0.25, 0.3) is 10.6 Å². The molecule has 0 unspecified atom stereocenters. The van der Waals surface area contributed by atoms with Gasteiger partial charge in [0.1, 0.15) is 10.0 Å². The molecule has 0 aliphatic carbocycles. The van der Waals surface area contributed by atoms with Gasteiger partial charge in [0.25, 0.3) is 0 Å². The van der Waals surface area contributed by atoms with Gasteiger partial charge in [0.2, 0.25) is 0 Å². The Morgan fingerprint density at radius 3 is 2.50 bits per heavy atom. The molecule has 5 heteroatoms. The van der Waals surface area contributed by atoms with Crippen molar-refractivity contribution in [3.63, 3.8) is 0 Å². The summed E-state index contributed by atoms with van der Waals surface area (Å²) < 4.78 is 1.06. The quantitative estimate of drug-likeness (QED) is 0.911. The fourth-order valence-electron chi connectivity index (χ4n) is 1.05. The van der Waals surface area contributed by atoms with Crippen LogP contribution in [0, 0.1) is 0 Å². The number of nitrogens with zero attached hydrogens (tertiary/aromatic N) is 2. The van der Waals surface area contributed by atoms with Gasteiger partial charge in [0.05, 0.1) is 0 Å². The zero-order chi connectivity index (χ0) is 9.97. The van der Waals surface area contributed by atoms with Crippen molar-refractivity contribution in [2.24, 2.45) is 5.73 Å². The summed E-state index contributed by atoms with van der Waals surface area (Å²) >= 11 is 4.91. The topological polar surface area (TPSA) is 51.8 Å². The number of aromatic nitrogens is 2. The van der Waals surface area contributed by atoms with E-state index in [1.54, 1.807) is 0 Å². The molecule has 0 fully saturated rings. The van der Waals surface area contributed by atoms with Crippen molar-refractivity contribution in [1.29, 1.82) is 0 Å². The van der Waals surface area contributed by atoms with Crippen molar-refractivity contribution in [2.45, 2.75) is 6.54 Å². The van der Waals surface area contributed by atoms with Crippen LogP contribution in [0.3, 0.4) is 0 Å². The van der Waals surface area contributed by atoms with Crippen molar-refractivity contribution in [3.05, 3.63) is 33.7 Å². The van der Waals surface area contributed by atoms with E-state index in [0.717, 1.165) is 20.1 Å². The van der Waals surface area contributed by atoms with E-state index in [9.17, 15) is 0 Å². The summed E-state index contributed by atoms with van der Waals surface area (Å²) in [6.45, 7) is 0.453. The minimum atomic E-state index is 0.453. The maximum absolute atomic E-state index is 5.47. The smallest absolute Gasteiger partial charge is 0.147 e. The van der Waals surface area contributed by atoms with Gasteiger partial charge in [-0.25, -0.2) is 0 Å². The second-order valence-corrected chi connectivity index (χ2v) is 4.69. The molecule has 0 saturated carbocycles. The SMILES string of the molecule is NCc1nnc(-c2ccc(Br)cc2)s1. The highest BCUT2D eigenvalue weighted by molar-refractivity contribution is 9.10. The minimum Gasteiger partial charge on any atom is -0.324 e. The highest BCUT2D eigenvalue weighted by Gasteiger charge is 2.04. The molecular formula is C9H8BrN3S. The lowest BCUT2D eigenvalue weighted by Crippen LogP contribution is -1.94. The third kappa shape index (κ3) is 2.00. The molecule has 0 amide bonds. The first-order chi connectivity index (χ1) is 6.79. The Kier molecular flexibility index (Phi) is 2.90. The lowest BCUT2D eigenvalue weighted by molar-refractivity contribution is 0.960. The lowest BCUT2D eigenvalue weighted by Gasteiger charge is -1.94. The van der Waals surface area contributed by atoms with Gasteiger partial charge in [-0.3, -0.25) is 0 Å². The summed E-state index contributed by atoms with van der Waals surface area (Å²) in [5, 5.41) is 9.80. The molecular weight excluding hydrogens is 262 g/mol. The number of nitrogens with two attached hydrogens (primary N) is 1. The Labute approximate surface area is 94.1 Å². The van der Waals surface area contributed by atoms with E-state index in [-0.39, 0.29) is 0 Å². The van der Waals surface area contributed by atoms with Gasteiger partial charge in [-0.2, -0.15) is 0 Å². The van der Waals surface area contributed by atoms with Gasteiger partial charge in [-0.05, 0) is 12.1 Å². The molecule has 0 radical (unpaired) electrons. The van der Waals surface area contributed by atoms with Gasteiger partial charge in [-0.1, -0.05) is 39.4 Å². The third-order valence-corrected chi connectivity index (χ3v) is 3.26. The number of rotatable bonds is 2. The molecule has 3 nitrogen and oxygen atoms in total. The molecule has 1 heterocycles. The van der Waals surface area contributed by atoms with Gasteiger partial charge in [-0.15, -0.1) is 10.2 Å². The average Bonchev–Trinajstić information content (AvgIpc) is 2.67. The summed E-state index contributed by atoms with van der Waals surface area (Å²) in [7, 11) is 0. The van der Waals surface area contributed by atoms with Crippen LogP contribution in [0.1, 0.15) is 5.01 Å². The van der Waals surface area contributed by atoms with Crippen molar-refractivity contribution in [1.82, 2.24) is 10.2 Å². The summed E-state index contributed by atoms with van der Waals surface area (Å²) in [6, 6.07) is 7.98. The summed E-state index contributed by atoms with van der Waals surface area (Å²) in [4.78, 5) is 0. The van der Waals surface area contributed by atoms with E-state index in [1.807, 2.05) is 24.3 Å². The van der Waals surface area contributed by atoms with Crippen molar-refractivity contribution in [3.8, 4) is 10.6 Å². The van der Waals surface area contributed by atoms with Gasteiger partial charge in [0, 0.05) is 16.6 Å². The van der Waals surface area contributed by atoms with Crippen LogP contribution in [0.4, 0.5) is 0 Å². The standard InChI is InChI=1S/C9H8BrN3S/c10-7-3-1-6(2-4-7)9-13-12-8(5-11)14-9/h1-4H,5,11H2. The monoisotopic (exact) mass is 269 g/mol. The molecule has 2 N–H and O–H groups in total. The third-order valence-electron chi connectivity index (χ3n) is 1.73. The van der Waals surface area contributed by atoms with Crippen LogP contribution < -0.4 is 5.73 Å². The summed E-state index contributed by atoms with van der Waals surface area (Å²) in [5.41, 5.74) is 6.54. The van der Waals surface area contributed by atoms with Gasteiger partial charge < -0.3 is 5.73 Å². The number of hydrogen-bond donors (Lipinski definition) is 1. The highest BCUT2D eigenvalue weighted by atomic mass is 79.9. The summed E-state index contributed by atoms with van der Waals surface area (Å²) in [6.07, 6.45) is 0. The molecule has 0 saturated heterocycles. The molecule has 0 bridgehead atoms. The predicted octanol–water partition coefficient (Wildman–Crippen LogP) is 2.43. The van der Waals surface area contributed by atoms with Gasteiger partial charge in [0.15, 0.2) is 0 Å². The molecule has 72 valence electrons. The second kappa shape index (κ2) is 4.16. The molecule has 14 heavy (non-hydrogen) atoms. The Morgan fingerprint density at radius 1 is 1.21 bits per heavy atom. The second-order valence-electron chi connectivity index (χ2n) is 2.71. The molecule has 0 spiro atoms. The van der Waals surface area contributed by atoms with Crippen LogP contribution in [0.2, 0.25) is 0 Å². The zero-order valence-electron chi connectivity index (χ0n) is 7.27. The first-order valence-corrected chi connectivity index (χ1v) is 5.69. The number of halogens is 1. The maximum atomic E-state index is 5.47. The van der Waals surface area contributed by atoms with Crippen LogP contribution in [0.5, 0.6) is 0 Å². The molecule has 1 aromatic carbocycles. The number of benzene rings is 1. The predicted molar refractivity (Wildman–Crippen MR) is 60.9 cm³/mol. The first-order valence-electron chi connectivity index (χ1n) is 4.08. The average molecular weight is 270 g/mol. The van der Waals surface area contributed by atoms with Crippen LogP contribution in [-0.4, -0.2) is 10.2 Å². The Balaban J connectivity index is 2.34. The fourth-order valence-corrected chi connectivity index (χ4v) is 2.03. The van der Waals surface area contributed by atoms with E-state index in [1.165, 1.54) is 11.3 Å². The van der Waals surface area contributed by atoms with Crippen molar-refractivity contribution < 1.29 is 0 Å². The van der Waals surface area contributed by atoms with Crippen LogP contribution in [-0.2, 0) is 6.54 Å². The highest BCUT2D eigenvalue weighted by Crippen LogP contribution is 2.24. The summed E-state index contributed by atoms with van der Waals surface area (Å²) in [5.74, 6) is 0. The Morgan fingerprint density at radius 2 is 1.93 bits per heavy atom. The first kappa shape index (κ1) is 9.76. The van der Waals surface area contributed by atoms with Crippen LogP contribution >= 0.6 is 27.3 Å². The van der Waals surface area contributed by atoms with E-state index < -0.39 is 0 Å². The molecule has 0 atom stereocenters. The van der Waals surface area contributed by atoms with E-state index >= 15 is 0 Å². The fraction of sp³-hybridized carbons (Fsp3) is 0.111. The minimum absolute atomic E-state index is 0.453. The molecule has 2 aromatic rings. The largest absolute Gasteiger partial charge is 0.324 e. The molecule has 1 aromatic heterocycles. The normalized spacial score (nSPS) is 10.4. The van der Waals surface area contributed by atoms with Crippen molar-refractivity contribution >= 4 is 27.3 Å². The van der Waals surface area contributed by atoms with Crippen molar-refractivity contribution in [2.75, 3.05) is 0 Å². The Hall–Kier alpha value is -0.780. The van der Waals surface area contributed by atoms with E-state index in [0.29, 0.717) is 6.54 Å². The number of hydrogen-bond acceptors (Lipinski definition) is 4. The molecule has 2 rings (SSSR count). The molecule has 0 aliphatic rings. The maximum Gasteiger partial charge on any atom is 0.147 e. The molecule has 0 aliphatic heterocycles. The lowest BCUT2D eigenvalue weighted by atomic mass is 10.2. The van der Waals surface area contributed by atoms with E-state index in [2.05, 4.69) is 26.1 Å².